The third-order valence-corrected chi connectivity index (χ3v) is 5.45. The van der Waals surface area contributed by atoms with Gasteiger partial charge in [0.25, 0.3) is 0 Å². The van der Waals surface area contributed by atoms with Gasteiger partial charge in [0, 0.05) is 33.1 Å². The molecule has 6 heteroatoms. The number of nitrogens with zero attached hydrogens (tertiary/aromatic N) is 2. The highest BCUT2D eigenvalue weighted by atomic mass is 35.5. The van der Waals surface area contributed by atoms with Crippen molar-refractivity contribution in [3.05, 3.63) is 82.9 Å². The lowest BCUT2D eigenvalue weighted by Gasteiger charge is -2.29. The van der Waals surface area contributed by atoms with E-state index in [1.807, 2.05) is 47.2 Å². The van der Waals surface area contributed by atoms with Crippen LogP contribution in [0.5, 0.6) is 0 Å². The molecule has 1 N–H and O–H groups in total. The highest BCUT2D eigenvalue weighted by molar-refractivity contribution is 7.99. The molecule has 130 valence electrons. The first-order valence-corrected chi connectivity index (χ1v) is 9.62. The number of thioether (sulfide) groups is 1. The van der Waals surface area contributed by atoms with Gasteiger partial charge in [0.2, 0.25) is 0 Å². The Kier molecular flexibility index (Phi) is 6.07. The summed E-state index contributed by atoms with van der Waals surface area (Å²) >= 11 is 13.7. The largest absolute Gasteiger partial charge is 0.383 e. The summed E-state index contributed by atoms with van der Waals surface area (Å²) in [6, 6.07) is 15.1. The van der Waals surface area contributed by atoms with Crippen LogP contribution in [-0.2, 0) is 12.1 Å². The summed E-state index contributed by atoms with van der Waals surface area (Å²) in [7, 11) is 0. The third-order valence-electron chi connectivity index (χ3n) is 3.97. The summed E-state index contributed by atoms with van der Waals surface area (Å²) in [6.07, 6.45) is 5.86. The standard InChI is InChI=1S/C19H18Cl2N2OS/c20-16-6-4-15(5-7-16)19(24,13-23-10-9-22-14-23)8-11-25-18-3-1-2-17(21)12-18/h1-7,9-10,12,14,24H,8,11,13H2. The van der Waals surface area contributed by atoms with E-state index in [9.17, 15) is 5.11 Å². The molecule has 1 heterocycles. The maximum absolute atomic E-state index is 11.3. The molecular weight excluding hydrogens is 375 g/mol. The molecule has 3 aromatic rings. The monoisotopic (exact) mass is 392 g/mol. The van der Waals surface area contributed by atoms with Gasteiger partial charge in [-0.3, -0.25) is 0 Å². The molecule has 3 rings (SSSR count). The molecule has 0 spiro atoms. The van der Waals surface area contributed by atoms with Gasteiger partial charge in [-0.25, -0.2) is 4.98 Å². The van der Waals surface area contributed by atoms with Crippen molar-refractivity contribution in [3.63, 3.8) is 0 Å². The van der Waals surface area contributed by atoms with Gasteiger partial charge in [0.1, 0.15) is 5.60 Å². The number of imidazole rings is 1. The van der Waals surface area contributed by atoms with E-state index >= 15 is 0 Å². The predicted molar refractivity (Wildman–Crippen MR) is 104 cm³/mol. The Labute approximate surface area is 161 Å². The van der Waals surface area contributed by atoms with Gasteiger partial charge in [0.05, 0.1) is 12.9 Å². The quantitative estimate of drug-likeness (QED) is 0.557. The van der Waals surface area contributed by atoms with Crippen molar-refractivity contribution in [2.24, 2.45) is 0 Å². The fourth-order valence-corrected chi connectivity index (χ4v) is 4.09. The number of rotatable bonds is 7. The Morgan fingerprint density at radius 3 is 2.56 bits per heavy atom. The maximum atomic E-state index is 11.3. The lowest BCUT2D eigenvalue weighted by atomic mass is 9.91. The minimum atomic E-state index is -1.00. The smallest absolute Gasteiger partial charge is 0.108 e. The fourth-order valence-electron chi connectivity index (χ4n) is 2.65. The van der Waals surface area contributed by atoms with Crippen molar-refractivity contribution in [2.45, 2.75) is 23.5 Å². The van der Waals surface area contributed by atoms with Crippen LogP contribution in [0.25, 0.3) is 0 Å². The molecule has 0 aliphatic carbocycles. The minimum Gasteiger partial charge on any atom is -0.383 e. The van der Waals surface area contributed by atoms with Crippen LogP contribution in [-0.4, -0.2) is 20.4 Å². The van der Waals surface area contributed by atoms with Crippen molar-refractivity contribution < 1.29 is 5.11 Å². The molecule has 0 amide bonds. The molecule has 25 heavy (non-hydrogen) atoms. The molecule has 0 bridgehead atoms. The molecule has 0 fully saturated rings. The first-order chi connectivity index (χ1) is 12.0. The molecule has 0 radical (unpaired) electrons. The predicted octanol–water partition coefficient (Wildman–Crippen LogP) is 5.26. The van der Waals surface area contributed by atoms with Crippen LogP contribution in [0.1, 0.15) is 12.0 Å². The Bertz CT molecular complexity index is 809. The van der Waals surface area contributed by atoms with Gasteiger partial charge in [-0.05, 0) is 42.3 Å². The number of aromatic nitrogens is 2. The average Bonchev–Trinajstić information content (AvgIpc) is 3.08. The van der Waals surface area contributed by atoms with Crippen LogP contribution in [0.15, 0.2) is 72.1 Å². The maximum Gasteiger partial charge on any atom is 0.108 e. The van der Waals surface area contributed by atoms with E-state index in [-0.39, 0.29) is 0 Å². The molecular formula is C19H18Cl2N2OS. The topological polar surface area (TPSA) is 38.0 Å². The van der Waals surface area contributed by atoms with Crippen LogP contribution in [0.3, 0.4) is 0 Å². The van der Waals surface area contributed by atoms with Gasteiger partial charge >= 0.3 is 0 Å². The number of aliphatic hydroxyl groups is 1. The second-order valence-corrected chi connectivity index (χ2v) is 7.87. The Morgan fingerprint density at radius 2 is 1.88 bits per heavy atom. The van der Waals surface area contributed by atoms with Crippen molar-refractivity contribution in [2.75, 3.05) is 5.75 Å². The summed E-state index contributed by atoms with van der Waals surface area (Å²) in [5.41, 5.74) is -0.158. The summed E-state index contributed by atoms with van der Waals surface area (Å²) in [6.45, 7) is 0.435. The first-order valence-electron chi connectivity index (χ1n) is 7.88. The second-order valence-electron chi connectivity index (χ2n) is 5.83. The van der Waals surface area contributed by atoms with Crippen LogP contribution in [0.4, 0.5) is 0 Å². The van der Waals surface area contributed by atoms with Gasteiger partial charge in [0.15, 0.2) is 0 Å². The molecule has 2 aromatic carbocycles. The van der Waals surface area contributed by atoms with E-state index in [4.69, 9.17) is 23.2 Å². The Balaban J connectivity index is 1.75. The summed E-state index contributed by atoms with van der Waals surface area (Å²) in [4.78, 5) is 5.15. The van der Waals surface area contributed by atoms with Crippen molar-refractivity contribution in [1.82, 2.24) is 9.55 Å². The van der Waals surface area contributed by atoms with Gasteiger partial charge < -0.3 is 9.67 Å². The van der Waals surface area contributed by atoms with Crippen molar-refractivity contribution >= 4 is 35.0 Å². The molecule has 1 aromatic heterocycles. The van der Waals surface area contributed by atoms with E-state index in [2.05, 4.69) is 4.98 Å². The SMILES string of the molecule is OC(CCSc1cccc(Cl)c1)(Cn1ccnc1)c1ccc(Cl)cc1. The van der Waals surface area contributed by atoms with Gasteiger partial charge in [-0.15, -0.1) is 11.8 Å². The highest BCUT2D eigenvalue weighted by Gasteiger charge is 2.29. The zero-order valence-electron chi connectivity index (χ0n) is 13.5. The molecule has 1 unspecified atom stereocenters. The van der Waals surface area contributed by atoms with Crippen LogP contribution in [0, 0.1) is 0 Å². The van der Waals surface area contributed by atoms with Crippen molar-refractivity contribution in [3.8, 4) is 0 Å². The summed E-state index contributed by atoms with van der Waals surface area (Å²) < 4.78 is 1.89. The van der Waals surface area contributed by atoms with E-state index in [1.54, 1.807) is 36.4 Å². The summed E-state index contributed by atoms with van der Waals surface area (Å²) in [5, 5.41) is 12.7. The van der Waals surface area contributed by atoms with Gasteiger partial charge in [-0.1, -0.05) is 41.4 Å². The van der Waals surface area contributed by atoms with E-state index in [0.29, 0.717) is 18.0 Å². The lowest BCUT2D eigenvalue weighted by molar-refractivity contribution is 0.0155. The number of hydrogen-bond acceptors (Lipinski definition) is 3. The highest BCUT2D eigenvalue weighted by Crippen LogP contribution is 2.32. The number of halogens is 2. The zero-order valence-corrected chi connectivity index (χ0v) is 15.8. The molecule has 0 aliphatic rings. The number of benzene rings is 2. The normalized spacial score (nSPS) is 13.6. The van der Waals surface area contributed by atoms with E-state index < -0.39 is 5.60 Å². The van der Waals surface area contributed by atoms with E-state index in [1.165, 1.54) is 0 Å². The summed E-state index contributed by atoms with van der Waals surface area (Å²) in [5.74, 6) is 0.758. The van der Waals surface area contributed by atoms with E-state index in [0.717, 1.165) is 21.2 Å². The molecule has 0 saturated carbocycles. The zero-order chi connectivity index (χ0) is 17.7. The molecule has 1 atom stereocenters. The Morgan fingerprint density at radius 1 is 1.08 bits per heavy atom. The third kappa shape index (κ3) is 5.02. The van der Waals surface area contributed by atoms with Crippen LogP contribution >= 0.6 is 35.0 Å². The molecule has 0 aliphatic heterocycles. The Hall–Kier alpha value is -1.46. The lowest BCUT2D eigenvalue weighted by Crippen LogP contribution is -2.32. The van der Waals surface area contributed by atoms with Crippen LogP contribution < -0.4 is 0 Å². The van der Waals surface area contributed by atoms with Crippen molar-refractivity contribution in [1.29, 1.82) is 0 Å². The number of hydrogen-bond donors (Lipinski definition) is 1. The minimum absolute atomic E-state index is 0.435. The molecule has 0 saturated heterocycles. The molecule has 3 nitrogen and oxygen atoms in total. The van der Waals surface area contributed by atoms with Gasteiger partial charge in [-0.2, -0.15) is 0 Å². The van der Waals surface area contributed by atoms with Crippen LogP contribution in [0.2, 0.25) is 10.0 Å². The fraction of sp³-hybridized carbons (Fsp3) is 0.211. The average molecular weight is 393 g/mol. The second kappa shape index (κ2) is 8.28. The first kappa shape index (κ1) is 18.3.